The summed E-state index contributed by atoms with van der Waals surface area (Å²) < 4.78 is 5.59. The lowest BCUT2D eigenvalue weighted by molar-refractivity contribution is 0.0314. The summed E-state index contributed by atoms with van der Waals surface area (Å²) >= 11 is 0. The largest absolute Gasteiger partial charge is 0.381 e. The lowest BCUT2D eigenvalue weighted by atomic mass is 9.74. The van der Waals surface area contributed by atoms with Crippen molar-refractivity contribution in [1.82, 2.24) is 10.2 Å². The third-order valence-electron chi connectivity index (χ3n) is 4.90. The molecule has 2 aliphatic heterocycles. The summed E-state index contributed by atoms with van der Waals surface area (Å²) in [6.45, 7) is 11.6. The van der Waals surface area contributed by atoms with Crippen LogP contribution in [-0.4, -0.2) is 51.3 Å². The zero-order valence-corrected chi connectivity index (χ0v) is 13.1. The molecule has 0 radical (unpaired) electrons. The molecule has 3 nitrogen and oxygen atoms in total. The average Bonchev–Trinajstić information content (AvgIpc) is 2.40. The highest BCUT2D eigenvalue weighted by Crippen LogP contribution is 2.32. The molecule has 2 rings (SSSR count). The lowest BCUT2D eigenvalue weighted by Gasteiger charge is -2.40. The standard InChI is InChI=1S/C16H32N2O/c1-16(2,15-7-4-8-17-10-15)13-18(3)11-14-6-5-9-19-12-14/h14-15,17H,4-13H2,1-3H3. The second-order valence-corrected chi connectivity index (χ2v) is 7.31. The molecule has 19 heavy (non-hydrogen) atoms. The quantitative estimate of drug-likeness (QED) is 0.828. The molecule has 2 saturated heterocycles. The van der Waals surface area contributed by atoms with E-state index >= 15 is 0 Å². The first-order chi connectivity index (χ1) is 9.08. The Labute approximate surface area is 119 Å². The van der Waals surface area contributed by atoms with Gasteiger partial charge in [-0.15, -0.1) is 0 Å². The Morgan fingerprint density at radius 1 is 1.26 bits per heavy atom. The van der Waals surface area contributed by atoms with Gasteiger partial charge >= 0.3 is 0 Å². The number of hydrogen-bond donors (Lipinski definition) is 1. The van der Waals surface area contributed by atoms with Crippen LogP contribution in [-0.2, 0) is 4.74 Å². The number of rotatable bonds is 5. The van der Waals surface area contributed by atoms with Gasteiger partial charge in [-0.3, -0.25) is 0 Å². The van der Waals surface area contributed by atoms with Crippen molar-refractivity contribution in [1.29, 1.82) is 0 Å². The van der Waals surface area contributed by atoms with Gasteiger partial charge in [-0.25, -0.2) is 0 Å². The minimum absolute atomic E-state index is 0.414. The molecular formula is C16H32N2O. The van der Waals surface area contributed by atoms with Gasteiger partial charge in [0.2, 0.25) is 0 Å². The third-order valence-corrected chi connectivity index (χ3v) is 4.90. The molecular weight excluding hydrogens is 236 g/mol. The summed E-state index contributed by atoms with van der Waals surface area (Å²) in [6, 6.07) is 0. The van der Waals surface area contributed by atoms with E-state index in [0.717, 1.165) is 25.0 Å². The SMILES string of the molecule is CN(CC1CCCOC1)CC(C)(C)C1CCCNC1. The molecule has 2 aliphatic rings. The fourth-order valence-corrected chi connectivity index (χ4v) is 3.80. The van der Waals surface area contributed by atoms with E-state index in [1.807, 2.05) is 0 Å². The lowest BCUT2D eigenvalue weighted by Crippen LogP contribution is -2.45. The first-order valence-corrected chi connectivity index (χ1v) is 8.05. The molecule has 2 fully saturated rings. The highest BCUT2D eigenvalue weighted by atomic mass is 16.5. The molecule has 2 atom stereocenters. The Bertz CT molecular complexity index is 255. The van der Waals surface area contributed by atoms with Crippen LogP contribution in [0, 0.1) is 17.3 Å². The normalized spacial score (nSPS) is 29.7. The summed E-state index contributed by atoms with van der Waals surface area (Å²) in [4.78, 5) is 2.54. The van der Waals surface area contributed by atoms with E-state index in [1.165, 1.54) is 51.9 Å². The van der Waals surface area contributed by atoms with Gasteiger partial charge in [0.05, 0.1) is 6.61 Å². The van der Waals surface area contributed by atoms with E-state index in [0.29, 0.717) is 5.41 Å². The first kappa shape index (κ1) is 15.3. The van der Waals surface area contributed by atoms with Crippen LogP contribution in [0.4, 0.5) is 0 Å². The summed E-state index contributed by atoms with van der Waals surface area (Å²) in [6.07, 6.45) is 5.32. The van der Waals surface area contributed by atoms with Crippen LogP contribution in [0.15, 0.2) is 0 Å². The van der Waals surface area contributed by atoms with Crippen molar-refractivity contribution in [2.75, 3.05) is 46.4 Å². The van der Waals surface area contributed by atoms with Crippen LogP contribution in [0.2, 0.25) is 0 Å². The molecule has 0 amide bonds. The number of nitrogens with one attached hydrogen (secondary N) is 1. The molecule has 0 aliphatic carbocycles. The van der Waals surface area contributed by atoms with Gasteiger partial charge in [-0.2, -0.15) is 0 Å². The molecule has 0 aromatic heterocycles. The molecule has 0 aromatic carbocycles. The molecule has 0 saturated carbocycles. The maximum atomic E-state index is 5.59. The van der Waals surface area contributed by atoms with Crippen molar-refractivity contribution in [2.24, 2.45) is 17.3 Å². The molecule has 1 N–H and O–H groups in total. The highest BCUT2D eigenvalue weighted by Gasteiger charge is 2.32. The van der Waals surface area contributed by atoms with E-state index in [4.69, 9.17) is 4.74 Å². The smallest absolute Gasteiger partial charge is 0.0506 e. The van der Waals surface area contributed by atoms with Crippen LogP contribution >= 0.6 is 0 Å². The number of ether oxygens (including phenoxy) is 1. The minimum atomic E-state index is 0.414. The first-order valence-electron chi connectivity index (χ1n) is 8.05. The molecule has 0 bridgehead atoms. The van der Waals surface area contributed by atoms with Gasteiger partial charge in [0, 0.05) is 19.7 Å². The van der Waals surface area contributed by atoms with Crippen molar-refractivity contribution in [2.45, 2.75) is 39.5 Å². The monoisotopic (exact) mass is 268 g/mol. The number of nitrogens with zero attached hydrogens (tertiary/aromatic N) is 1. The maximum Gasteiger partial charge on any atom is 0.0506 e. The van der Waals surface area contributed by atoms with E-state index in [2.05, 4.69) is 31.1 Å². The van der Waals surface area contributed by atoms with Crippen molar-refractivity contribution >= 4 is 0 Å². The molecule has 3 heteroatoms. The predicted molar refractivity (Wildman–Crippen MR) is 80.4 cm³/mol. The molecule has 2 unspecified atom stereocenters. The Morgan fingerprint density at radius 2 is 2.11 bits per heavy atom. The van der Waals surface area contributed by atoms with Crippen LogP contribution in [0.1, 0.15) is 39.5 Å². The van der Waals surface area contributed by atoms with Crippen molar-refractivity contribution in [3.05, 3.63) is 0 Å². The highest BCUT2D eigenvalue weighted by molar-refractivity contribution is 4.85. The Kier molecular flexibility index (Phi) is 5.67. The summed E-state index contributed by atoms with van der Waals surface area (Å²) in [7, 11) is 2.28. The third kappa shape index (κ3) is 4.73. The van der Waals surface area contributed by atoms with Gasteiger partial charge in [0.1, 0.15) is 0 Å². The van der Waals surface area contributed by atoms with E-state index in [-0.39, 0.29) is 0 Å². The molecule has 0 aromatic rings. The maximum absolute atomic E-state index is 5.59. The Balaban J connectivity index is 1.77. The average molecular weight is 268 g/mol. The zero-order valence-electron chi connectivity index (χ0n) is 13.1. The van der Waals surface area contributed by atoms with Gasteiger partial charge in [-0.05, 0) is 63.1 Å². The van der Waals surface area contributed by atoms with Crippen molar-refractivity contribution in [3.63, 3.8) is 0 Å². The summed E-state index contributed by atoms with van der Waals surface area (Å²) in [5.74, 6) is 1.57. The molecule has 2 heterocycles. The van der Waals surface area contributed by atoms with E-state index in [9.17, 15) is 0 Å². The zero-order chi connectivity index (χ0) is 13.7. The predicted octanol–water partition coefficient (Wildman–Crippen LogP) is 2.37. The summed E-state index contributed by atoms with van der Waals surface area (Å²) in [5, 5.41) is 3.56. The summed E-state index contributed by atoms with van der Waals surface area (Å²) in [5.41, 5.74) is 0.414. The molecule has 0 spiro atoms. The number of piperidine rings is 1. The Morgan fingerprint density at radius 3 is 2.74 bits per heavy atom. The second kappa shape index (κ2) is 7.05. The van der Waals surface area contributed by atoms with Crippen molar-refractivity contribution in [3.8, 4) is 0 Å². The fourth-order valence-electron chi connectivity index (χ4n) is 3.80. The fraction of sp³-hybridized carbons (Fsp3) is 1.00. The van der Waals surface area contributed by atoms with Gasteiger partial charge in [0.25, 0.3) is 0 Å². The van der Waals surface area contributed by atoms with Crippen molar-refractivity contribution < 1.29 is 4.74 Å². The number of hydrogen-bond acceptors (Lipinski definition) is 3. The van der Waals surface area contributed by atoms with Gasteiger partial charge < -0.3 is 15.0 Å². The van der Waals surface area contributed by atoms with Crippen LogP contribution in [0.5, 0.6) is 0 Å². The van der Waals surface area contributed by atoms with Crippen LogP contribution in [0.25, 0.3) is 0 Å². The van der Waals surface area contributed by atoms with E-state index in [1.54, 1.807) is 0 Å². The van der Waals surface area contributed by atoms with Gasteiger partial charge in [0.15, 0.2) is 0 Å². The second-order valence-electron chi connectivity index (χ2n) is 7.31. The van der Waals surface area contributed by atoms with Gasteiger partial charge in [-0.1, -0.05) is 13.8 Å². The van der Waals surface area contributed by atoms with Crippen LogP contribution in [0.3, 0.4) is 0 Å². The Hall–Kier alpha value is -0.120. The minimum Gasteiger partial charge on any atom is -0.381 e. The van der Waals surface area contributed by atoms with Crippen LogP contribution < -0.4 is 5.32 Å². The topological polar surface area (TPSA) is 24.5 Å². The van der Waals surface area contributed by atoms with E-state index < -0.39 is 0 Å². The molecule has 112 valence electrons.